The Balaban J connectivity index is 1.60. The zero-order chi connectivity index (χ0) is 32.6. The van der Waals surface area contributed by atoms with Crippen LogP contribution in [0.15, 0.2) is 78.9 Å². The number of aliphatic hydroxyl groups excluding tert-OH is 1. The van der Waals surface area contributed by atoms with E-state index in [1.165, 1.54) is 25.1 Å². The molecule has 242 valence electrons. The summed E-state index contributed by atoms with van der Waals surface area (Å²) in [5.74, 6) is -1.16. The van der Waals surface area contributed by atoms with Crippen LogP contribution in [0.2, 0.25) is 0 Å². The van der Waals surface area contributed by atoms with E-state index in [9.17, 15) is 23.1 Å². The van der Waals surface area contributed by atoms with Crippen LogP contribution < -0.4 is 15.4 Å². The van der Waals surface area contributed by atoms with Crippen LogP contribution in [0.1, 0.15) is 64.6 Å². The number of carbonyl (C=O) groups is 2. The van der Waals surface area contributed by atoms with Crippen LogP contribution in [0, 0.1) is 0 Å². The molecular weight excluding hydrogens is 590 g/mol. The molecule has 4 atom stereocenters. The molecule has 0 bridgehead atoms. The number of carbonyl (C=O) groups excluding carboxylic acids is 2. The van der Waals surface area contributed by atoms with Crippen LogP contribution in [0.3, 0.4) is 0 Å². The van der Waals surface area contributed by atoms with Gasteiger partial charge in [0.1, 0.15) is 0 Å². The molecule has 0 saturated carbocycles. The van der Waals surface area contributed by atoms with Crippen LogP contribution in [-0.2, 0) is 16.4 Å². The fourth-order valence-electron chi connectivity index (χ4n) is 5.70. The van der Waals surface area contributed by atoms with E-state index in [1.807, 2.05) is 74.6 Å². The molecule has 1 heterocycles. The molecule has 0 aliphatic carbocycles. The van der Waals surface area contributed by atoms with Crippen molar-refractivity contribution in [2.24, 2.45) is 0 Å². The number of aliphatic hydroxyl groups is 1. The van der Waals surface area contributed by atoms with E-state index < -0.39 is 34.0 Å². The molecule has 10 nitrogen and oxygen atoms in total. The highest BCUT2D eigenvalue weighted by Crippen LogP contribution is 2.21. The summed E-state index contributed by atoms with van der Waals surface area (Å²) in [6.45, 7) is 4.69. The Morgan fingerprint density at radius 2 is 1.58 bits per heavy atom. The second-order valence-corrected chi connectivity index (χ2v) is 13.8. The third-order valence-corrected chi connectivity index (χ3v) is 9.61. The Morgan fingerprint density at radius 3 is 2.16 bits per heavy atom. The Hall–Kier alpha value is -3.77. The van der Waals surface area contributed by atoms with Gasteiger partial charge in [0.05, 0.1) is 35.8 Å². The fourth-order valence-corrected chi connectivity index (χ4v) is 6.32. The molecule has 45 heavy (non-hydrogen) atoms. The quantitative estimate of drug-likeness (QED) is 0.213. The van der Waals surface area contributed by atoms with Gasteiger partial charge in [-0.2, -0.15) is 0 Å². The Bertz CT molecular complexity index is 1540. The van der Waals surface area contributed by atoms with Crippen molar-refractivity contribution in [2.45, 2.75) is 57.5 Å². The van der Waals surface area contributed by atoms with Crippen molar-refractivity contribution in [3.8, 4) is 0 Å². The molecule has 11 heteroatoms. The number of hydrogen-bond donors (Lipinski definition) is 4. The third kappa shape index (κ3) is 9.61. The second kappa shape index (κ2) is 15.5. The normalized spacial score (nSPS) is 17.4. The van der Waals surface area contributed by atoms with Crippen LogP contribution in [-0.4, -0.2) is 86.4 Å². The first-order valence-corrected chi connectivity index (χ1v) is 17.1. The number of amides is 2. The minimum absolute atomic E-state index is 0.0953. The summed E-state index contributed by atoms with van der Waals surface area (Å²) in [5, 5.41) is 17.4. The Kier molecular flexibility index (Phi) is 11.7. The molecule has 1 fully saturated rings. The summed E-state index contributed by atoms with van der Waals surface area (Å²) in [5.41, 5.74) is 2.17. The van der Waals surface area contributed by atoms with E-state index in [-0.39, 0.29) is 34.8 Å². The molecule has 3 aromatic rings. The first-order valence-electron chi connectivity index (χ1n) is 15.4. The number of nitrogens with one attached hydrogen (secondary N) is 3. The number of benzene rings is 3. The molecule has 4 N–H and O–H groups in total. The average molecular weight is 636 g/mol. The van der Waals surface area contributed by atoms with Crippen LogP contribution in [0.25, 0.3) is 0 Å². The highest BCUT2D eigenvalue weighted by Gasteiger charge is 2.30. The Morgan fingerprint density at radius 1 is 0.978 bits per heavy atom. The van der Waals surface area contributed by atoms with Crippen molar-refractivity contribution < 1.29 is 23.1 Å². The minimum atomic E-state index is -3.69. The molecule has 1 aliphatic rings. The molecule has 0 spiro atoms. The second-order valence-electron chi connectivity index (χ2n) is 11.8. The van der Waals surface area contributed by atoms with Crippen LogP contribution >= 0.6 is 0 Å². The lowest BCUT2D eigenvalue weighted by Crippen LogP contribution is -2.52. The van der Waals surface area contributed by atoms with Crippen molar-refractivity contribution in [3.63, 3.8) is 0 Å². The van der Waals surface area contributed by atoms with Gasteiger partial charge in [-0.1, -0.05) is 60.7 Å². The minimum Gasteiger partial charge on any atom is -0.390 e. The Labute approximate surface area is 266 Å². The molecule has 1 aliphatic heterocycles. The molecule has 1 saturated heterocycles. The number of rotatable bonds is 14. The monoisotopic (exact) mass is 635 g/mol. The van der Waals surface area contributed by atoms with Crippen LogP contribution in [0.4, 0.5) is 5.69 Å². The summed E-state index contributed by atoms with van der Waals surface area (Å²) in [4.78, 5) is 31.5. The van der Waals surface area contributed by atoms with E-state index in [0.29, 0.717) is 13.0 Å². The average Bonchev–Trinajstić information content (AvgIpc) is 3.47. The van der Waals surface area contributed by atoms with Crippen molar-refractivity contribution in [1.29, 1.82) is 0 Å². The highest BCUT2D eigenvalue weighted by molar-refractivity contribution is 7.92. The number of hydrogen-bond acceptors (Lipinski definition) is 7. The fraction of sp³-hybridized carbons (Fsp3) is 0.412. The highest BCUT2D eigenvalue weighted by atomic mass is 32.2. The van der Waals surface area contributed by atoms with Gasteiger partial charge in [0, 0.05) is 17.7 Å². The first kappa shape index (κ1) is 34.1. The van der Waals surface area contributed by atoms with Gasteiger partial charge in [-0.3, -0.25) is 24.1 Å². The molecule has 3 aromatic carbocycles. The maximum atomic E-state index is 13.8. The van der Waals surface area contributed by atoms with Crippen molar-refractivity contribution in [1.82, 2.24) is 20.4 Å². The summed E-state index contributed by atoms with van der Waals surface area (Å²) in [6.07, 6.45) is 1.78. The predicted molar refractivity (Wildman–Crippen MR) is 178 cm³/mol. The number of nitrogens with zero attached hydrogens (tertiary/aromatic N) is 2. The summed E-state index contributed by atoms with van der Waals surface area (Å²) < 4.78 is 27.4. The summed E-state index contributed by atoms with van der Waals surface area (Å²) in [6, 6.07) is 22.3. The van der Waals surface area contributed by atoms with Gasteiger partial charge in [-0.05, 0) is 83.1 Å². The van der Waals surface area contributed by atoms with Gasteiger partial charge in [0.15, 0.2) is 0 Å². The van der Waals surface area contributed by atoms with Crippen molar-refractivity contribution in [3.05, 3.63) is 101 Å². The first-order chi connectivity index (χ1) is 21.5. The lowest BCUT2D eigenvalue weighted by Gasteiger charge is -2.34. The largest absolute Gasteiger partial charge is 0.390 e. The zero-order valence-corrected chi connectivity index (χ0v) is 27.3. The maximum Gasteiger partial charge on any atom is 0.251 e. The number of sulfonamides is 1. The lowest BCUT2D eigenvalue weighted by molar-refractivity contribution is 0.0395. The van der Waals surface area contributed by atoms with E-state index >= 15 is 0 Å². The van der Waals surface area contributed by atoms with Gasteiger partial charge in [-0.15, -0.1) is 0 Å². The molecule has 0 aromatic heterocycles. The van der Waals surface area contributed by atoms with Crippen molar-refractivity contribution >= 4 is 27.5 Å². The molecule has 2 amide bonds. The summed E-state index contributed by atoms with van der Waals surface area (Å²) in [7, 11) is 0.351. The van der Waals surface area contributed by atoms with Gasteiger partial charge in [0.2, 0.25) is 10.0 Å². The number of likely N-dealkylation sites (tertiary alicyclic amines) is 1. The van der Waals surface area contributed by atoms with Crippen LogP contribution in [0.5, 0.6) is 0 Å². The molecule has 0 radical (unpaired) electrons. The third-order valence-electron chi connectivity index (χ3n) is 8.30. The van der Waals surface area contributed by atoms with Gasteiger partial charge < -0.3 is 15.7 Å². The van der Waals surface area contributed by atoms with Gasteiger partial charge in [-0.25, -0.2) is 8.42 Å². The molecular formula is C34H45N5O5S. The van der Waals surface area contributed by atoms with E-state index in [1.54, 1.807) is 0 Å². The van der Waals surface area contributed by atoms with Gasteiger partial charge >= 0.3 is 0 Å². The molecule has 4 rings (SSSR count). The number of anilines is 1. The number of likely N-dealkylation sites (N-methyl/N-ethyl adjacent to an activating group) is 1. The maximum absolute atomic E-state index is 13.8. The van der Waals surface area contributed by atoms with Crippen molar-refractivity contribution in [2.75, 3.05) is 37.7 Å². The van der Waals surface area contributed by atoms with E-state index in [4.69, 9.17) is 0 Å². The zero-order valence-electron chi connectivity index (χ0n) is 26.4. The summed E-state index contributed by atoms with van der Waals surface area (Å²) >= 11 is 0. The smallest absolute Gasteiger partial charge is 0.251 e. The van der Waals surface area contributed by atoms with Gasteiger partial charge in [0.25, 0.3) is 11.8 Å². The van der Waals surface area contributed by atoms with E-state index in [2.05, 4.69) is 32.2 Å². The molecule has 0 unspecified atom stereocenters. The lowest BCUT2D eigenvalue weighted by atomic mass is 9.99. The van der Waals surface area contributed by atoms with E-state index in [0.717, 1.165) is 30.5 Å². The topological polar surface area (TPSA) is 131 Å². The standard InChI is InChI=1S/C34H45N5O5S/c1-5-45(43,44)37-29-21-27(33(41)35-24(2)26-15-10-7-11-16-26)20-28(22-29)34(42)36-30(19-25-13-8-6-9-14-25)31(40)23-39(4)32-17-12-18-38(32)3/h6-11,13-16,20-22,24,30-32,37,40H,5,12,17-19,23H2,1-4H3,(H,35,41)(H,36,42)/t24-,30+,31-,32-/m1/s1. The SMILES string of the molecule is CCS(=O)(=O)Nc1cc(C(=O)N[C@@H](Cc2ccccc2)[C@H](O)CN(C)[C@@H]2CCCN2C)cc(C(=O)N[C@H](C)c2ccccc2)c1. The predicted octanol–water partition coefficient (Wildman–Crippen LogP) is 3.62.